The zero-order chi connectivity index (χ0) is 16.5. The smallest absolute Gasteiger partial charge is 0.254 e. The van der Waals surface area contributed by atoms with Gasteiger partial charge in [-0.3, -0.25) is 9.48 Å². The normalized spacial score (nSPS) is 13.8. The maximum Gasteiger partial charge on any atom is 0.254 e. The first-order valence-corrected chi connectivity index (χ1v) is 8.20. The van der Waals surface area contributed by atoms with E-state index in [0.29, 0.717) is 13.1 Å². The molecule has 0 bridgehead atoms. The molecule has 1 aliphatic heterocycles. The first-order valence-electron chi connectivity index (χ1n) is 8.20. The van der Waals surface area contributed by atoms with E-state index in [1.165, 1.54) is 5.69 Å². The van der Waals surface area contributed by atoms with Crippen molar-refractivity contribution in [2.75, 3.05) is 6.54 Å². The van der Waals surface area contributed by atoms with Crippen LogP contribution < -0.4 is 0 Å². The molecule has 6 heteroatoms. The summed E-state index contributed by atoms with van der Waals surface area (Å²) < 4.78 is 2.03. The van der Waals surface area contributed by atoms with Gasteiger partial charge in [0.25, 0.3) is 5.91 Å². The quantitative estimate of drug-likeness (QED) is 0.806. The SMILES string of the molecule is CCn1nc(-c2ncc[nH]2)c2c1CCN(C(=O)c1ccccc1)C2. The van der Waals surface area contributed by atoms with Crippen LogP contribution in [0.4, 0.5) is 0 Å². The van der Waals surface area contributed by atoms with Crippen LogP contribution in [0.25, 0.3) is 11.5 Å². The Bertz CT molecular complexity index is 851. The number of aromatic amines is 1. The molecule has 0 aliphatic carbocycles. The van der Waals surface area contributed by atoms with Crippen molar-refractivity contribution in [1.82, 2.24) is 24.6 Å². The third-order valence-electron chi connectivity index (χ3n) is 4.46. The fourth-order valence-electron chi connectivity index (χ4n) is 3.27. The molecule has 24 heavy (non-hydrogen) atoms. The van der Waals surface area contributed by atoms with Crippen LogP contribution in [0.3, 0.4) is 0 Å². The third kappa shape index (κ3) is 2.40. The van der Waals surface area contributed by atoms with Gasteiger partial charge in [-0.05, 0) is 19.1 Å². The number of carbonyl (C=O) groups is 1. The van der Waals surface area contributed by atoms with Crippen molar-refractivity contribution >= 4 is 5.91 Å². The van der Waals surface area contributed by atoms with Crippen LogP contribution >= 0.6 is 0 Å². The van der Waals surface area contributed by atoms with Crippen LogP contribution in [0, 0.1) is 0 Å². The van der Waals surface area contributed by atoms with Crippen molar-refractivity contribution in [3.8, 4) is 11.5 Å². The molecule has 3 heterocycles. The summed E-state index contributed by atoms with van der Waals surface area (Å²) in [7, 11) is 0. The van der Waals surface area contributed by atoms with Crippen LogP contribution in [0.5, 0.6) is 0 Å². The second kappa shape index (κ2) is 5.96. The lowest BCUT2D eigenvalue weighted by Gasteiger charge is -2.28. The summed E-state index contributed by atoms with van der Waals surface area (Å²) in [6.45, 7) is 4.18. The van der Waals surface area contributed by atoms with Gasteiger partial charge in [-0.2, -0.15) is 5.10 Å². The van der Waals surface area contributed by atoms with Gasteiger partial charge >= 0.3 is 0 Å². The van der Waals surface area contributed by atoms with E-state index >= 15 is 0 Å². The first-order chi connectivity index (χ1) is 11.8. The number of fused-ring (bicyclic) bond motifs is 1. The monoisotopic (exact) mass is 321 g/mol. The molecule has 6 nitrogen and oxygen atoms in total. The largest absolute Gasteiger partial charge is 0.343 e. The lowest BCUT2D eigenvalue weighted by molar-refractivity contribution is 0.0733. The Balaban J connectivity index is 1.69. The lowest BCUT2D eigenvalue weighted by Crippen LogP contribution is -2.36. The fraction of sp³-hybridized carbons (Fsp3) is 0.278. The molecule has 3 aromatic rings. The molecular weight excluding hydrogens is 302 g/mol. The summed E-state index contributed by atoms with van der Waals surface area (Å²) in [5.74, 6) is 0.823. The van der Waals surface area contributed by atoms with E-state index in [1.54, 1.807) is 12.4 Å². The minimum absolute atomic E-state index is 0.0656. The topological polar surface area (TPSA) is 66.8 Å². The Morgan fingerprint density at radius 1 is 1.29 bits per heavy atom. The van der Waals surface area contributed by atoms with Crippen LogP contribution in [0.15, 0.2) is 42.7 Å². The van der Waals surface area contributed by atoms with E-state index in [4.69, 9.17) is 5.10 Å². The highest BCUT2D eigenvalue weighted by molar-refractivity contribution is 5.94. The van der Waals surface area contributed by atoms with Crippen molar-refractivity contribution in [2.45, 2.75) is 26.4 Å². The molecule has 0 fully saturated rings. The summed E-state index contributed by atoms with van der Waals surface area (Å²) in [4.78, 5) is 22.1. The van der Waals surface area contributed by atoms with Crippen molar-refractivity contribution in [3.05, 3.63) is 59.5 Å². The third-order valence-corrected chi connectivity index (χ3v) is 4.46. The van der Waals surface area contributed by atoms with Crippen LogP contribution in [-0.4, -0.2) is 37.1 Å². The number of amides is 1. The standard InChI is InChI=1S/C18H19N5O/c1-2-23-15-8-11-22(18(24)13-6-4-3-5-7-13)12-14(15)16(21-23)17-19-9-10-20-17/h3-7,9-10H,2,8,11-12H2,1H3,(H,19,20). The number of H-pyrrole nitrogens is 1. The Morgan fingerprint density at radius 2 is 2.12 bits per heavy atom. The summed E-state index contributed by atoms with van der Waals surface area (Å²) in [5, 5.41) is 4.70. The average molecular weight is 321 g/mol. The number of carbonyl (C=O) groups excluding carboxylic acids is 1. The lowest BCUT2D eigenvalue weighted by atomic mass is 10.0. The van der Waals surface area contributed by atoms with Gasteiger partial charge in [0, 0.05) is 48.7 Å². The molecule has 1 aliphatic rings. The molecule has 1 aromatic carbocycles. The van der Waals surface area contributed by atoms with Gasteiger partial charge in [-0.25, -0.2) is 4.98 Å². The molecular formula is C18H19N5O. The van der Waals surface area contributed by atoms with Gasteiger partial charge < -0.3 is 9.88 Å². The molecule has 0 saturated heterocycles. The van der Waals surface area contributed by atoms with Crippen molar-refractivity contribution in [2.24, 2.45) is 0 Å². The number of aromatic nitrogens is 4. The summed E-state index contributed by atoms with van der Waals surface area (Å²) >= 11 is 0. The van der Waals surface area contributed by atoms with Gasteiger partial charge in [-0.15, -0.1) is 0 Å². The number of nitrogens with zero attached hydrogens (tertiary/aromatic N) is 4. The Kier molecular flexibility index (Phi) is 3.65. The number of hydrogen-bond acceptors (Lipinski definition) is 3. The number of hydrogen-bond donors (Lipinski definition) is 1. The van der Waals surface area contributed by atoms with E-state index in [-0.39, 0.29) is 5.91 Å². The highest BCUT2D eigenvalue weighted by Crippen LogP contribution is 2.29. The predicted octanol–water partition coefficient (Wildman–Crippen LogP) is 2.49. The highest BCUT2D eigenvalue weighted by atomic mass is 16.2. The fourth-order valence-corrected chi connectivity index (χ4v) is 3.27. The molecule has 2 aromatic heterocycles. The molecule has 0 unspecified atom stereocenters. The van der Waals surface area contributed by atoms with Gasteiger partial charge in [-0.1, -0.05) is 18.2 Å². The zero-order valence-corrected chi connectivity index (χ0v) is 13.6. The number of aryl methyl sites for hydroxylation is 1. The summed E-state index contributed by atoms with van der Waals surface area (Å²) in [6, 6.07) is 9.44. The van der Waals surface area contributed by atoms with Crippen LogP contribution in [-0.2, 0) is 19.5 Å². The second-order valence-electron chi connectivity index (χ2n) is 5.87. The van der Waals surface area contributed by atoms with E-state index < -0.39 is 0 Å². The average Bonchev–Trinajstić information content (AvgIpc) is 3.28. The number of nitrogens with one attached hydrogen (secondary N) is 1. The van der Waals surface area contributed by atoms with E-state index in [1.807, 2.05) is 39.9 Å². The van der Waals surface area contributed by atoms with Crippen molar-refractivity contribution in [1.29, 1.82) is 0 Å². The zero-order valence-electron chi connectivity index (χ0n) is 13.6. The minimum atomic E-state index is 0.0656. The first kappa shape index (κ1) is 14.7. The molecule has 0 radical (unpaired) electrons. The van der Waals surface area contributed by atoms with E-state index in [0.717, 1.165) is 35.6 Å². The van der Waals surface area contributed by atoms with Crippen molar-refractivity contribution in [3.63, 3.8) is 0 Å². The minimum Gasteiger partial charge on any atom is -0.343 e. The van der Waals surface area contributed by atoms with Crippen molar-refractivity contribution < 1.29 is 4.79 Å². The molecule has 0 atom stereocenters. The predicted molar refractivity (Wildman–Crippen MR) is 90.4 cm³/mol. The molecule has 4 rings (SSSR count). The Hall–Kier alpha value is -2.89. The molecule has 1 N–H and O–H groups in total. The van der Waals surface area contributed by atoms with Gasteiger partial charge in [0.2, 0.25) is 0 Å². The second-order valence-corrected chi connectivity index (χ2v) is 5.87. The van der Waals surface area contributed by atoms with Crippen LogP contribution in [0.1, 0.15) is 28.5 Å². The van der Waals surface area contributed by atoms with Gasteiger partial charge in [0.15, 0.2) is 5.82 Å². The summed E-state index contributed by atoms with van der Waals surface area (Å²) in [6.07, 6.45) is 4.33. The van der Waals surface area contributed by atoms with E-state index in [2.05, 4.69) is 16.9 Å². The Labute approximate surface area is 140 Å². The van der Waals surface area contributed by atoms with Gasteiger partial charge in [0.1, 0.15) is 5.69 Å². The maximum atomic E-state index is 12.8. The highest BCUT2D eigenvalue weighted by Gasteiger charge is 2.28. The number of benzene rings is 1. The van der Waals surface area contributed by atoms with E-state index in [9.17, 15) is 4.79 Å². The number of imidazole rings is 1. The van der Waals surface area contributed by atoms with Gasteiger partial charge in [0.05, 0.1) is 6.54 Å². The maximum absolute atomic E-state index is 12.8. The number of rotatable bonds is 3. The molecule has 1 amide bonds. The molecule has 122 valence electrons. The summed E-state index contributed by atoms with van der Waals surface area (Å²) in [5.41, 5.74) is 3.88. The molecule has 0 spiro atoms. The van der Waals surface area contributed by atoms with Crippen LogP contribution in [0.2, 0.25) is 0 Å². The molecule has 0 saturated carbocycles. The Morgan fingerprint density at radius 3 is 2.83 bits per heavy atom.